The van der Waals surface area contributed by atoms with Crippen molar-refractivity contribution in [1.29, 1.82) is 0 Å². The van der Waals surface area contributed by atoms with Crippen LogP contribution in [0.25, 0.3) is 0 Å². The third kappa shape index (κ3) is 4.39. The lowest BCUT2D eigenvalue weighted by Gasteiger charge is -2.23. The molecule has 0 aromatic heterocycles. The fraction of sp³-hybridized carbons (Fsp3) is 0.611. The van der Waals surface area contributed by atoms with E-state index in [4.69, 9.17) is 9.47 Å². The second kappa shape index (κ2) is 8.35. The molecule has 2 aliphatic rings. The SMILES string of the molecule is COCCN1CCCN(C(=O)NC[C@@H]2Cc3ccccc3O2)CC1. The van der Waals surface area contributed by atoms with Crippen LogP contribution >= 0.6 is 0 Å². The summed E-state index contributed by atoms with van der Waals surface area (Å²) in [5.74, 6) is 0.945. The monoisotopic (exact) mass is 333 g/mol. The molecular formula is C18H27N3O3. The molecule has 1 atom stereocenters. The molecule has 1 saturated heterocycles. The maximum atomic E-state index is 12.4. The first-order chi connectivity index (χ1) is 11.8. The average Bonchev–Trinajstić information content (AvgIpc) is 2.87. The van der Waals surface area contributed by atoms with Gasteiger partial charge in [0, 0.05) is 39.7 Å². The van der Waals surface area contributed by atoms with E-state index in [2.05, 4.69) is 16.3 Å². The largest absolute Gasteiger partial charge is 0.488 e. The number of para-hydroxylation sites is 1. The third-order valence-electron chi connectivity index (χ3n) is 4.68. The van der Waals surface area contributed by atoms with Crippen LogP contribution in [0.3, 0.4) is 0 Å². The molecule has 6 nitrogen and oxygen atoms in total. The fourth-order valence-electron chi connectivity index (χ4n) is 3.30. The number of nitrogens with zero attached hydrogens (tertiary/aromatic N) is 2. The molecule has 0 bridgehead atoms. The molecule has 0 unspecified atom stereocenters. The predicted molar refractivity (Wildman–Crippen MR) is 92.5 cm³/mol. The Morgan fingerprint density at radius 2 is 2.17 bits per heavy atom. The van der Waals surface area contributed by atoms with Crippen LogP contribution in [0.4, 0.5) is 4.79 Å². The highest BCUT2D eigenvalue weighted by molar-refractivity contribution is 5.74. The Kier molecular flexibility index (Phi) is 5.93. The van der Waals surface area contributed by atoms with Crippen LogP contribution in [0, 0.1) is 0 Å². The number of hydrogen-bond acceptors (Lipinski definition) is 4. The molecule has 1 fully saturated rings. The number of benzene rings is 1. The number of rotatable bonds is 5. The van der Waals surface area contributed by atoms with Crippen molar-refractivity contribution in [2.24, 2.45) is 0 Å². The van der Waals surface area contributed by atoms with E-state index in [1.54, 1.807) is 7.11 Å². The lowest BCUT2D eigenvalue weighted by atomic mass is 10.1. The standard InChI is InChI=1S/C18H27N3O3/c1-23-12-11-20-7-4-8-21(10-9-20)18(22)19-14-16-13-15-5-2-3-6-17(15)24-16/h2-3,5-6,16H,4,7-14H2,1H3,(H,19,22)/t16-/m0/s1. The highest BCUT2D eigenvalue weighted by Gasteiger charge is 2.24. The molecule has 132 valence electrons. The first-order valence-corrected chi connectivity index (χ1v) is 8.75. The van der Waals surface area contributed by atoms with Crippen LogP contribution < -0.4 is 10.1 Å². The number of ether oxygens (including phenoxy) is 2. The summed E-state index contributed by atoms with van der Waals surface area (Å²) >= 11 is 0. The minimum absolute atomic E-state index is 0.0168. The van der Waals surface area contributed by atoms with Crippen molar-refractivity contribution in [3.8, 4) is 5.75 Å². The Morgan fingerprint density at radius 1 is 1.29 bits per heavy atom. The van der Waals surface area contributed by atoms with Crippen molar-refractivity contribution in [2.75, 3.05) is 53.0 Å². The lowest BCUT2D eigenvalue weighted by molar-refractivity contribution is 0.149. The molecular weight excluding hydrogens is 306 g/mol. The van der Waals surface area contributed by atoms with E-state index in [1.807, 2.05) is 23.1 Å². The van der Waals surface area contributed by atoms with Crippen molar-refractivity contribution < 1.29 is 14.3 Å². The van der Waals surface area contributed by atoms with Gasteiger partial charge in [-0.1, -0.05) is 18.2 Å². The smallest absolute Gasteiger partial charge is 0.317 e. The van der Waals surface area contributed by atoms with E-state index in [0.29, 0.717) is 6.54 Å². The zero-order valence-electron chi connectivity index (χ0n) is 14.4. The molecule has 0 radical (unpaired) electrons. The number of nitrogens with one attached hydrogen (secondary N) is 1. The van der Waals surface area contributed by atoms with Gasteiger partial charge in [-0.3, -0.25) is 4.90 Å². The molecule has 2 heterocycles. The lowest BCUT2D eigenvalue weighted by Crippen LogP contribution is -2.45. The van der Waals surface area contributed by atoms with Crippen LogP contribution in [-0.2, 0) is 11.2 Å². The second-order valence-corrected chi connectivity index (χ2v) is 6.41. The van der Waals surface area contributed by atoms with E-state index in [0.717, 1.165) is 57.9 Å². The summed E-state index contributed by atoms with van der Waals surface area (Å²) in [7, 11) is 1.72. The van der Waals surface area contributed by atoms with Gasteiger partial charge < -0.3 is 19.7 Å². The number of carbonyl (C=O) groups excluding carboxylic acids is 1. The molecule has 1 aromatic carbocycles. The average molecular weight is 333 g/mol. The Hall–Kier alpha value is -1.79. The Labute approximate surface area is 143 Å². The number of fused-ring (bicyclic) bond motifs is 1. The normalized spacial score (nSPS) is 21.0. The van der Waals surface area contributed by atoms with Crippen LogP contribution in [0.5, 0.6) is 5.75 Å². The molecule has 1 aromatic rings. The number of carbonyl (C=O) groups is 1. The summed E-state index contributed by atoms with van der Waals surface area (Å²) in [5, 5.41) is 3.03. The van der Waals surface area contributed by atoms with Gasteiger partial charge in [-0.15, -0.1) is 0 Å². The summed E-state index contributed by atoms with van der Waals surface area (Å²) in [4.78, 5) is 16.7. The van der Waals surface area contributed by atoms with Crippen molar-refractivity contribution in [3.05, 3.63) is 29.8 Å². The zero-order valence-corrected chi connectivity index (χ0v) is 14.4. The van der Waals surface area contributed by atoms with Gasteiger partial charge in [0.2, 0.25) is 0 Å². The molecule has 0 saturated carbocycles. The van der Waals surface area contributed by atoms with Gasteiger partial charge in [-0.25, -0.2) is 4.79 Å². The van der Waals surface area contributed by atoms with E-state index >= 15 is 0 Å². The molecule has 2 aliphatic heterocycles. The van der Waals surface area contributed by atoms with E-state index < -0.39 is 0 Å². The maximum Gasteiger partial charge on any atom is 0.317 e. The summed E-state index contributed by atoms with van der Waals surface area (Å²) in [6.45, 7) is 5.72. The molecule has 24 heavy (non-hydrogen) atoms. The first kappa shape index (κ1) is 17.0. The first-order valence-electron chi connectivity index (χ1n) is 8.75. The molecule has 1 N–H and O–H groups in total. The van der Waals surface area contributed by atoms with Crippen LogP contribution in [0.1, 0.15) is 12.0 Å². The van der Waals surface area contributed by atoms with Crippen molar-refractivity contribution in [3.63, 3.8) is 0 Å². The summed E-state index contributed by atoms with van der Waals surface area (Å²) < 4.78 is 11.0. The summed E-state index contributed by atoms with van der Waals surface area (Å²) in [6.07, 6.45) is 1.90. The van der Waals surface area contributed by atoms with Gasteiger partial charge >= 0.3 is 6.03 Å². The Morgan fingerprint density at radius 3 is 3.00 bits per heavy atom. The van der Waals surface area contributed by atoms with Crippen LogP contribution in [-0.4, -0.2) is 74.9 Å². The predicted octanol–water partition coefficient (Wildman–Crippen LogP) is 1.35. The Bertz CT molecular complexity index is 527. The van der Waals surface area contributed by atoms with Crippen molar-refractivity contribution >= 4 is 6.03 Å². The highest BCUT2D eigenvalue weighted by Crippen LogP contribution is 2.27. The van der Waals surface area contributed by atoms with Crippen LogP contribution in [0.15, 0.2) is 24.3 Å². The third-order valence-corrected chi connectivity index (χ3v) is 4.68. The maximum absolute atomic E-state index is 12.4. The van der Waals surface area contributed by atoms with E-state index in [9.17, 15) is 4.79 Å². The van der Waals surface area contributed by atoms with E-state index in [-0.39, 0.29) is 12.1 Å². The number of methoxy groups -OCH3 is 1. The van der Waals surface area contributed by atoms with E-state index in [1.165, 1.54) is 5.56 Å². The molecule has 0 aliphatic carbocycles. The minimum Gasteiger partial charge on any atom is -0.488 e. The fourth-order valence-corrected chi connectivity index (χ4v) is 3.30. The molecule has 3 rings (SSSR count). The van der Waals surface area contributed by atoms with Crippen molar-refractivity contribution in [2.45, 2.75) is 18.9 Å². The van der Waals surface area contributed by atoms with Gasteiger partial charge in [0.15, 0.2) is 0 Å². The molecule has 2 amide bonds. The number of urea groups is 1. The summed E-state index contributed by atoms with van der Waals surface area (Å²) in [5.41, 5.74) is 1.22. The Balaban J connectivity index is 1.41. The molecule has 0 spiro atoms. The quantitative estimate of drug-likeness (QED) is 0.884. The number of amides is 2. The van der Waals surface area contributed by atoms with Gasteiger partial charge in [-0.2, -0.15) is 0 Å². The van der Waals surface area contributed by atoms with Gasteiger partial charge in [0.1, 0.15) is 11.9 Å². The van der Waals surface area contributed by atoms with Gasteiger partial charge in [0.25, 0.3) is 0 Å². The van der Waals surface area contributed by atoms with Gasteiger partial charge in [0.05, 0.1) is 13.2 Å². The van der Waals surface area contributed by atoms with Gasteiger partial charge in [-0.05, 0) is 24.6 Å². The topological polar surface area (TPSA) is 54.0 Å². The number of hydrogen-bond donors (Lipinski definition) is 1. The molecule has 6 heteroatoms. The second-order valence-electron chi connectivity index (χ2n) is 6.41. The summed E-state index contributed by atoms with van der Waals surface area (Å²) in [6, 6.07) is 8.09. The van der Waals surface area contributed by atoms with Crippen LogP contribution in [0.2, 0.25) is 0 Å². The zero-order chi connectivity index (χ0) is 16.8. The minimum atomic E-state index is 0.0168. The highest BCUT2D eigenvalue weighted by atomic mass is 16.5. The van der Waals surface area contributed by atoms with Crippen molar-refractivity contribution in [1.82, 2.24) is 15.1 Å².